The van der Waals surface area contributed by atoms with Gasteiger partial charge in [-0.15, -0.1) is 11.3 Å². The standard InChI is InChI=1S/C13H12O2S/c1-8-3-4-10(13(14)15)7-12(8)11-5-6-16-9(11)2/h3-7H,1-2H3,(H,14,15). The van der Waals surface area contributed by atoms with E-state index in [0.29, 0.717) is 5.56 Å². The molecule has 1 heterocycles. The molecule has 0 saturated heterocycles. The number of rotatable bonds is 2. The van der Waals surface area contributed by atoms with Crippen LogP contribution in [0.5, 0.6) is 0 Å². The zero-order valence-corrected chi connectivity index (χ0v) is 9.97. The molecule has 0 saturated carbocycles. The maximum atomic E-state index is 10.9. The molecule has 0 aliphatic heterocycles. The van der Waals surface area contributed by atoms with E-state index in [1.807, 2.05) is 31.4 Å². The zero-order valence-electron chi connectivity index (χ0n) is 9.15. The normalized spacial score (nSPS) is 10.4. The fraction of sp³-hybridized carbons (Fsp3) is 0.154. The van der Waals surface area contributed by atoms with Crippen molar-refractivity contribution in [3.8, 4) is 11.1 Å². The number of hydrogen-bond acceptors (Lipinski definition) is 2. The average Bonchev–Trinajstić information content (AvgIpc) is 2.65. The Hall–Kier alpha value is -1.61. The highest BCUT2D eigenvalue weighted by atomic mass is 32.1. The number of carboxylic acid groups (broad SMARTS) is 1. The summed E-state index contributed by atoms with van der Waals surface area (Å²) in [6.07, 6.45) is 0. The minimum absolute atomic E-state index is 0.339. The van der Waals surface area contributed by atoms with E-state index in [9.17, 15) is 4.79 Å². The molecule has 0 bridgehead atoms. The molecule has 0 unspecified atom stereocenters. The molecule has 2 rings (SSSR count). The van der Waals surface area contributed by atoms with Gasteiger partial charge in [0, 0.05) is 4.88 Å². The SMILES string of the molecule is Cc1ccc(C(=O)O)cc1-c1ccsc1C. The molecular formula is C13H12O2S. The Balaban J connectivity index is 2.60. The van der Waals surface area contributed by atoms with Gasteiger partial charge in [-0.25, -0.2) is 4.79 Å². The molecule has 1 aromatic heterocycles. The minimum atomic E-state index is -0.880. The predicted octanol–water partition coefficient (Wildman–Crippen LogP) is 3.73. The summed E-state index contributed by atoms with van der Waals surface area (Å²) in [6, 6.07) is 7.28. The largest absolute Gasteiger partial charge is 0.478 e. The molecule has 82 valence electrons. The van der Waals surface area contributed by atoms with Crippen molar-refractivity contribution in [2.24, 2.45) is 0 Å². The number of benzene rings is 1. The van der Waals surface area contributed by atoms with Crippen molar-refractivity contribution < 1.29 is 9.90 Å². The van der Waals surface area contributed by atoms with Crippen molar-refractivity contribution in [3.05, 3.63) is 45.6 Å². The third-order valence-electron chi connectivity index (χ3n) is 2.63. The predicted molar refractivity (Wildman–Crippen MR) is 66.2 cm³/mol. The minimum Gasteiger partial charge on any atom is -0.478 e. The van der Waals surface area contributed by atoms with Crippen molar-refractivity contribution in [3.63, 3.8) is 0 Å². The molecule has 16 heavy (non-hydrogen) atoms. The van der Waals surface area contributed by atoms with Gasteiger partial charge in [-0.05, 0) is 54.1 Å². The molecule has 0 radical (unpaired) electrons. The molecule has 0 amide bonds. The van der Waals surface area contributed by atoms with Gasteiger partial charge in [0.25, 0.3) is 0 Å². The van der Waals surface area contributed by atoms with Gasteiger partial charge in [0.15, 0.2) is 0 Å². The van der Waals surface area contributed by atoms with Crippen molar-refractivity contribution in [2.75, 3.05) is 0 Å². The summed E-state index contributed by atoms with van der Waals surface area (Å²) in [7, 11) is 0. The van der Waals surface area contributed by atoms with Crippen LogP contribution in [0.2, 0.25) is 0 Å². The second-order valence-corrected chi connectivity index (χ2v) is 4.85. The Bertz CT molecular complexity index is 541. The van der Waals surface area contributed by atoms with Crippen LogP contribution in [0.4, 0.5) is 0 Å². The van der Waals surface area contributed by atoms with Crippen LogP contribution in [0.3, 0.4) is 0 Å². The highest BCUT2D eigenvalue weighted by Crippen LogP contribution is 2.30. The highest BCUT2D eigenvalue weighted by Gasteiger charge is 2.10. The Kier molecular flexibility index (Phi) is 2.79. The fourth-order valence-electron chi connectivity index (χ4n) is 1.71. The van der Waals surface area contributed by atoms with Crippen LogP contribution >= 0.6 is 11.3 Å². The first-order chi connectivity index (χ1) is 7.59. The quantitative estimate of drug-likeness (QED) is 0.856. The van der Waals surface area contributed by atoms with Gasteiger partial charge in [0.2, 0.25) is 0 Å². The third kappa shape index (κ3) is 1.86. The van der Waals surface area contributed by atoms with Crippen LogP contribution in [-0.2, 0) is 0 Å². The Morgan fingerprint density at radius 2 is 1.94 bits per heavy atom. The van der Waals surface area contributed by atoms with Crippen LogP contribution in [0.25, 0.3) is 11.1 Å². The average molecular weight is 232 g/mol. The first-order valence-corrected chi connectivity index (χ1v) is 5.86. The lowest BCUT2D eigenvalue weighted by atomic mass is 9.99. The van der Waals surface area contributed by atoms with Crippen LogP contribution < -0.4 is 0 Å². The topological polar surface area (TPSA) is 37.3 Å². The van der Waals surface area contributed by atoms with E-state index < -0.39 is 5.97 Å². The Morgan fingerprint density at radius 3 is 2.50 bits per heavy atom. The second-order valence-electron chi connectivity index (χ2n) is 3.73. The Labute approximate surface area is 98.2 Å². The van der Waals surface area contributed by atoms with Gasteiger partial charge in [0.1, 0.15) is 0 Å². The zero-order chi connectivity index (χ0) is 11.7. The van der Waals surface area contributed by atoms with Crippen LogP contribution in [-0.4, -0.2) is 11.1 Å². The van der Waals surface area contributed by atoms with Crippen LogP contribution in [0.1, 0.15) is 20.8 Å². The van der Waals surface area contributed by atoms with Crippen molar-refractivity contribution in [2.45, 2.75) is 13.8 Å². The summed E-state index contributed by atoms with van der Waals surface area (Å²) in [4.78, 5) is 12.1. The summed E-state index contributed by atoms with van der Waals surface area (Å²) in [5.74, 6) is -0.880. The van der Waals surface area contributed by atoms with Gasteiger partial charge in [-0.3, -0.25) is 0 Å². The van der Waals surface area contributed by atoms with Crippen molar-refractivity contribution in [1.82, 2.24) is 0 Å². The maximum Gasteiger partial charge on any atom is 0.335 e. The van der Waals surface area contributed by atoms with E-state index in [1.54, 1.807) is 23.5 Å². The Morgan fingerprint density at radius 1 is 1.19 bits per heavy atom. The summed E-state index contributed by atoms with van der Waals surface area (Å²) in [5.41, 5.74) is 3.59. The highest BCUT2D eigenvalue weighted by molar-refractivity contribution is 7.10. The molecule has 2 nitrogen and oxygen atoms in total. The van der Waals surface area contributed by atoms with Crippen LogP contribution in [0, 0.1) is 13.8 Å². The lowest BCUT2D eigenvalue weighted by molar-refractivity contribution is 0.0697. The van der Waals surface area contributed by atoms with Gasteiger partial charge in [-0.1, -0.05) is 6.07 Å². The molecule has 2 aromatic rings. The van der Waals surface area contributed by atoms with Crippen LogP contribution in [0.15, 0.2) is 29.6 Å². The van der Waals surface area contributed by atoms with Gasteiger partial charge >= 0.3 is 5.97 Å². The van der Waals surface area contributed by atoms with E-state index in [0.717, 1.165) is 16.7 Å². The third-order valence-corrected chi connectivity index (χ3v) is 3.48. The van der Waals surface area contributed by atoms with Gasteiger partial charge in [-0.2, -0.15) is 0 Å². The monoisotopic (exact) mass is 232 g/mol. The lowest BCUT2D eigenvalue weighted by Crippen LogP contribution is -1.97. The van der Waals surface area contributed by atoms with E-state index in [-0.39, 0.29) is 0 Å². The van der Waals surface area contributed by atoms with E-state index in [2.05, 4.69) is 0 Å². The number of thiophene rings is 1. The summed E-state index contributed by atoms with van der Waals surface area (Å²) in [5, 5.41) is 11.0. The summed E-state index contributed by atoms with van der Waals surface area (Å²) >= 11 is 1.67. The first-order valence-electron chi connectivity index (χ1n) is 4.98. The first kappa shape index (κ1) is 10.9. The number of carbonyl (C=O) groups is 1. The molecule has 1 N–H and O–H groups in total. The van der Waals surface area contributed by atoms with Crippen molar-refractivity contribution >= 4 is 17.3 Å². The fourth-order valence-corrected chi connectivity index (χ4v) is 2.42. The molecule has 1 aromatic carbocycles. The molecule has 0 aliphatic carbocycles. The van der Waals surface area contributed by atoms with Crippen molar-refractivity contribution in [1.29, 1.82) is 0 Å². The molecular weight excluding hydrogens is 220 g/mol. The van der Waals surface area contributed by atoms with E-state index >= 15 is 0 Å². The molecule has 0 aliphatic rings. The van der Waals surface area contributed by atoms with E-state index in [1.165, 1.54) is 4.88 Å². The van der Waals surface area contributed by atoms with E-state index in [4.69, 9.17) is 5.11 Å². The number of aryl methyl sites for hydroxylation is 2. The molecule has 0 spiro atoms. The smallest absolute Gasteiger partial charge is 0.335 e. The molecule has 0 atom stereocenters. The molecule has 3 heteroatoms. The van der Waals surface area contributed by atoms with Gasteiger partial charge in [0.05, 0.1) is 5.56 Å². The maximum absolute atomic E-state index is 10.9. The number of aromatic carboxylic acids is 1. The lowest BCUT2D eigenvalue weighted by Gasteiger charge is -2.06. The second kappa shape index (κ2) is 4.10. The van der Waals surface area contributed by atoms with Gasteiger partial charge < -0.3 is 5.11 Å². The molecule has 0 fully saturated rings. The number of hydrogen-bond donors (Lipinski definition) is 1. The number of carboxylic acids is 1. The summed E-state index contributed by atoms with van der Waals surface area (Å²) < 4.78 is 0. The summed E-state index contributed by atoms with van der Waals surface area (Å²) in [6.45, 7) is 4.05.